The minimum atomic E-state index is -0.205. The molecule has 3 nitrogen and oxygen atoms in total. The summed E-state index contributed by atoms with van der Waals surface area (Å²) in [6.45, 7) is 0. The molecule has 0 saturated heterocycles. The Morgan fingerprint density at radius 3 is 2.43 bits per heavy atom. The van der Waals surface area contributed by atoms with Crippen LogP contribution in [0.15, 0.2) is 18.2 Å². The molecule has 1 N–H and O–H groups in total. The molecule has 0 unspecified atom stereocenters. The lowest BCUT2D eigenvalue weighted by atomic mass is 10.8. The zero-order valence-corrected chi connectivity index (χ0v) is 9.36. The highest BCUT2D eigenvalue weighted by atomic mass is 35.5. The largest absolute Gasteiger partial charge is 0.331 e. The molecule has 0 aromatic heterocycles. The number of hydrogen-bond donors (Lipinski definition) is 1. The fourth-order valence-electron chi connectivity index (χ4n) is 0.809. The molecule has 0 aliphatic heterocycles. The van der Waals surface area contributed by atoms with E-state index in [0.29, 0.717) is 15.7 Å². The van der Waals surface area contributed by atoms with Crippen molar-refractivity contribution in [3.05, 3.63) is 28.2 Å². The van der Waals surface area contributed by atoms with Crippen LogP contribution in [0, 0.1) is 0 Å². The van der Waals surface area contributed by atoms with Gasteiger partial charge in [-0.05, 0) is 18.2 Å². The summed E-state index contributed by atoms with van der Waals surface area (Å²) in [5, 5.41) is 3.54. The molecule has 0 heterocycles. The second kappa shape index (κ2) is 4.53. The van der Waals surface area contributed by atoms with Crippen LogP contribution in [0.4, 0.5) is 10.5 Å². The molecule has 0 aliphatic carbocycles. The van der Waals surface area contributed by atoms with Crippen LogP contribution < -0.4 is 5.32 Å². The number of nitrogens with zero attached hydrogens (tertiary/aromatic N) is 1. The standard InChI is InChI=1S/C9H10Cl2N2O/c1-13(2)9(14)12-6-3-4-7(10)8(11)5-6/h3-5H,1-2H3,(H,12,14)/i3+1,4+1,5+1,6+1,7+1,8+1. The summed E-state index contributed by atoms with van der Waals surface area (Å²) in [5.41, 5.74) is 0.623. The molecule has 1 rings (SSSR count). The van der Waals surface area contributed by atoms with Crippen molar-refractivity contribution < 1.29 is 4.79 Å². The molecule has 1 aromatic rings. The van der Waals surface area contributed by atoms with Gasteiger partial charge >= 0.3 is 6.03 Å². The third-order valence-corrected chi connectivity index (χ3v) is 2.32. The zero-order valence-electron chi connectivity index (χ0n) is 7.84. The molecule has 0 radical (unpaired) electrons. The van der Waals surface area contributed by atoms with Gasteiger partial charge in [-0.2, -0.15) is 0 Å². The average Bonchev–Trinajstić information content (AvgIpc) is 2.11. The Labute approximate surface area is 92.6 Å². The molecule has 0 bridgehead atoms. The molecule has 0 spiro atoms. The minimum Gasteiger partial charge on any atom is -0.331 e. The highest BCUT2D eigenvalue weighted by Gasteiger charge is 2.05. The summed E-state index contributed by atoms with van der Waals surface area (Å²) < 4.78 is 0. The number of benzene rings is 1. The van der Waals surface area contributed by atoms with Crippen LogP contribution in [-0.4, -0.2) is 25.0 Å². The maximum atomic E-state index is 11.2. The number of amides is 2. The Morgan fingerprint density at radius 2 is 1.93 bits per heavy atom. The van der Waals surface area contributed by atoms with E-state index in [1.807, 2.05) is 0 Å². The number of halogens is 2. The summed E-state index contributed by atoms with van der Waals surface area (Å²) in [5.74, 6) is 0. The van der Waals surface area contributed by atoms with Crippen molar-refractivity contribution in [3.63, 3.8) is 0 Å². The lowest BCUT2D eigenvalue weighted by molar-refractivity contribution is 0.230. The SMILES string of the molecule is CN(C)C(=O)N[13c]1[13cH][13cH][13c](Cl)[13c](Cl)[13cH]1. The summed E-state index contributed by atoms with van der Waals surface area (Å²) in [6, 6.07) is 4.72. The highest BCUT2D eigenvalue weighted by molar-refractivity contribution is 6.42. The second-order valence-electron chi connectivity index (χ2n) is 2.95. The third kappa shape index (κ3) is 2.79. The Bertz CT molecular complexity index is 353. The van der Waals surface area contributed by atoms with Gasteiger partial charge in [0.25, 0.3) is 0 Å². The summed E-state index contributed by atoms with van der Waals surface area (Å²) in [7, 11) is 3.32. The Hall–Kier alpha value is -0.930. The van der Waals surface area contributed by atoms with Crippen molar-refractivity contribution >= 4 is 34.9 Å². The van der Waals surface area contributed by atoms with E-state index in [9.17, 15) is 4.79 Å². The Morgan fingerprint density at radius 1 is 1.29 bits per heavy atom. The molecule has 0 aliphatic rings. The van der Waals surface area contributed by atoms with Crippen molar-refractivity contribution in [2.75, 3.05) is 19.4 Å². The van der Waals surface area contributed by atoms with Crippen LogP contribution in [0.25, 0.3) is 0 Å². The molecule has 1 aromatic carbocycles. The predicted octanol–water partition coefficient (Wildman–Crippen LogP) is 3.09. The fraction of sp³-hybridized carbons (Fsp3) is 0.222. The number of rotatable bonds is 1. The number of anilines is 1. The van der Waals surface area contributed by atoms with Gasteiger partial charge in [-0.25, -0.2) is 4.79 Å². The Kier molecular flexibility index (Phi) is 3.61. The van der Waals surface area contributed by atoms with E-state index in [1.54, 1.807) is 32.3 Å². The van der Waals surface area contributed by atoms with Gasteiger partial charge in [-0.3, -0.25) is 0 Å². The van der Waals surface area contributed by atoms with Crippen molar-refractivity contribution in [2.24, 2.45) is 0 Å². The van der Waals surface area contributed by atoms with Gasteiger partial charge in [-0.1, -0.05) is 23.2 Å². The highest BCUT2D eigenvalue weighted by Crippen LogP contribution is 2.24. The monoisotopic (exact) mass is 238 g/mol. The molecule has 0 saturated carbocycles. The third-order valence-electron chi connectivity index (χ3n) is 1.58. The van der Waals surface area contributed by atoms with Gasteiger partial charge in [0, 0.05) is 19.8 Å². The summed E-state index contributed by atoms with van der Waals surface area (Å²) in [6.07, 6.45) is 0. The minimum absolute atomic E-state index is 0.205. The molecule has 14 heavy (non-hydrogen) atoms. The van der Waals surface area contributed by atoms with Crippen molar-refractivity contribution in [1.82, 2.24) is 4.90 Å². The number of carbonyl (C=O) groups excluding carboxylic acids is 1. The normalized spacial score (nSPS) is 9.71. The molecule has 5 heteroatoms. The lowest BCUT2D eigenvalue weighted by Crippen LogP contribution is -2.27. The first-order chi connectivity index (χ1) is 6.50. The molecular formula is C9H10Cl2N2O. The quantitative estimate of drug-likeness (QED) is 0.802. The fourth-order valence-corrected chi connectivity index (χ4v) is 1.11. The predicted molar refractivity (Wildman–Crippen MR) is 59.2 cm³/mol. The van der Waals surface area contributed by atoms with E-state index in [0.717, 1.165) is 0 Å². The Balaban J connectivity index is 2.78. The van der Waals surface area contributed by atoms with E-state index in [2.05, 4.69) is 5.32 Å². The topological polar surface area (TPSA) is 32.3 Å². The van der Waals surface area contributed by atoms with E-state index in [-0.39, 0.29) is 6.03 Å². The van der Waals surface area contributed by atoms with Crippen LogP contribution in [0.3, 0.4) is 0 Å². The van der Waals surface area contributed by atoms with Gasteiger partial charge in [0.1, 0.15) is 0 Å². The second-order valence-corrected chi connectivity index (χ2v) is 3.77. The molecule has 0 atom stereocenters. The molecule has 2 amide bonds. The van der Waals surface area contributed by atoms with Crippen molar-refractivity contribution in [3.8, 4) is 0 Å². The molecule has 76 valence electrons. The van der Waals surface area contributed by atoms with E-state index in [1.165, 1.54) is 4.90 Å². The van der Waals surface area contributed by atoms with Gasteiger partial charge < -0.3 is 10.2 Å². The molecular weight excluding hydrogens is 229 g/mol. The number of urea groups is 1. The van der Waals surface area contributed by atoms with E-state index < -0.39 is 0 Å². The van der Waals surface area contributed by atoms with Gasteiger partial charge in [-0.15, -0.1) is 0 Å². The first-order valence-corrected chi connectivity index (χ1v) is 4.69. The maximum absolute atomic E-state index is 11.2. The van der Waals surface area contributed by atoms with Crippen LogP contribution >= 0.6 is 23.2 Å². The number of nitrogens with one attached hydrogen (secondary N) is 1. The van der Waals surface area contributed by atoms with Crippen LogP contribution in [-0.2, 0) is 0 Å². The zero-order chi connectivity index (χ0) is 10.7. The van der Waals surface area contributed by atoms with Crippen molar-refractivity contribution in [1.29, 1.82) is 0 Å². The van der Waals surface area contributed by atoms with Crippen molar-refractivity contribution in [2.45, 2.75) is 0 Å². The first-order valence-electron chi connectivity index (χ1n) is 3.94. The van der Waals surface area contributed by atoms with Gasteiger partial charge in [0.15, 0.2) is 0 Å². The van der Waals surface area contributed by atoms with Crippen LogP contribution in [0.5, 0.6) is 0 Å². The van der Waals surface area contributed by atoms with Crippen LogP contribution in [0.2, 0.25) is 10.0 Å². The van der Waals surface area contributed by atoms with E-state index in [4.69, 9.17) is 23.2 Å². The van der Waals surface area contributed by atoms with E-state index >= 15 is 0 Å². The van der Waals surface area contributed by atoms with Gasteiger partial charge in [0.05, 0.1) is 10.0 Å². The summed E-state index contributed by atoms with van der Waals surface area (Å²) in [4.78, 5) is 12.7. The van der Waals surface area contributed by atoms with Crippen LogP contribution in [0.1, 0.15) is 0 Å². The maximum Gasteiger partial charge on any atom is 0.321 e. The number of hydrogen-bond acceptors (Lipinski definition) is 1. The molecule has 0 fully saturated rings. The first kappa shape index (κ1) is 11.1. The lowest BCUT2D eigenvalue weighted by Gasteiger charge is -2.12. The van der Waals surface area contributed by atoms with Gasteiger partial charge in [0.2, 0.25) is 0 Å². The summed E-state index contributed by atoms with van der Waals surface area (Å²) >= 11 is 11.5. The average molecular weight is 239 g/mol. The smallest absolute Gasteiger partial charge is 0.321 e. The number of carbonyl (C=O) groups is 1.